The van der Waals surface area contributed by atoms with Crippen LogP contribution in [-0.2, 0) is 10.0 Å². The summed E-state index contributed by atoms with van der Waals surface area (Å²) in [5, 5.41) is 7.32. The number of rotatable bonds is 5. The maximum absolute atomic E-state index is 13.3. The number of halogens is 2. The van der Waals surface area contributed by atoms with Crippen molar-refractivity contribution in [2.24, 2.45) is 5.14 Å². The molecular weight excluding hydrogens is 252 g/mol. The van der Waals surface area contributed by atoms with Crippen molar-refractivity contribution in [3.63, 3.8) is 0 Å². The molecule has 96 valence electrons. The van der Waals surface area contributed by atoms with Gasteiger partial charge in [-0.1, -0.05) is 0 Å². The summed E-state index contributed by atoms with van der Waals surface area (Å²) in [4.78, 5) is 0. The van der Waals surface area contributed by atoms with E-state index in [1.165, 1.54) is 6.07 Å². The predicted octanol–water partition coefficient (Wildman–Crippen LogP) is 0.638. The standard InChI is InChI=1S/C9H13F2N3O2S/c10-6-2-3-7(12)9(8(6)11)14-4-1-5-17(13,15)16/h2-3,14H,1,4-5,12H2,(H2,13,15,16). The van der Waals surface area contributed by atoms with Crippen molar-refractivity contribution in [2.75, 3.05) is 23.3 Å². The van der Waals surface area contributed by atoms with Crippen LogP contribution < -0.4 is 16.2 Å². The fourth-order valence-corrected chi connectivity index (χ4v) is 1.78. The van der Waals surface area contributed by atoms with Crippen LogP contribution in [0.3, 0.4) is 0 Å². The Morgan fingerprint density at radius 1 is 1.29 bits per heavy atom. The van der Waals surface area contributed by atoms with Gasteiger partial charge in [-0.15, -0.1) is 0 Å². The summed E-state index contributed by atoms with van der Waals surface area (Å²) in [6.45, 7) is 0.126. The minimum Gasteiger partial charge on any atom is -0.397 e. The third-order valence-corrected chi connectivity index (χ3v) is 2.89. The second-order valence-electron chi connectivity index (χ2n) is 3.47. The van der Waals surface area contributed by atoms with E-state index in [0.717, 1.165) is 6.07 Å². The number of nitrogens with two attached hydrogens (primary N) is 2. The average Bonchev–Trinajstić information content (AvgIpc) is 2.21. The lowest BCUT2D eigenvalue weighted by Crippen LogP contribution is -2.19. The second-order valence-corrected chi connectivity index (χ2v) is 5.21. The molecule has 17 heavy (non-hydrogen) atoms. The average molecular weight is 265 g/mol. The van der Waals surface area contributed by atoms with Crippen LogP contribution in [0.15, 0.2) is 12.1 Å². The molecule has 0 aliphatic rings. The van der Waals surface area contributed by atoms with Crippen molar-refractivity contribution in [1.82, 2.24) is 0 Å². The van der Waals surface area contributed by atoms with Gasteiger partial charge in [0.25, 0.3) is 0 Å². The molecule has 0 amide bonds. The molecule has 0 aliphatic heterocycles. The number of sulfonamides is 1. The fourth-order valence-electron chi connectivity index (χ4n) is 1.23. The van der Waals surface area contributed by atoms with Crippen LogP contribution in [0.2, 0.25) is 0 Å². The molecule has 0 unspecified atom stereocenters. The third kappa shape index (κ3) is 4.16. The van der Waals surface area contributed by atoms with Gasteiger partial charge < -0.3 is 11.1 Å². The Hall–Kier alpha value is -1.41. The summed E-state index contributed by atoms with van der Waals surface area (Å²) in [5.74, 6) is -2.34. The molecule has 0 fully saturated rings. The number of nitrogen functional groups attached to an aromatic ring is 1. The van der Waals surface area contributed by atoms with Crippen molar-refractivity contribution in [1.29, 1.82) is 0 Å². The molecule has 0 aromatic heterocycles. The summed E-state index contributed by atoms with van der Waals surface area (Å²) >= 11 is 0. The van der Waals surface area contributed by atoms with Crippen LogP contribution in [0.5, 0.6) is 0 Å². The van der Waals surface area contributed by atoms with Gasteiger partial charge in [-0.3, -0.25) is 0 Å². The molecule has 0 atom stereocenters. The minimum atomic E-state index is -3.55. The number of hydrogen-bond donors (Lipinski definition) is 3. The van der Waals surface area contributed by atoms with Crippen LogP contribution in [-0.4, -0.2) is 20.7 Å². The number of nitrogens with one attached hydrogen (secondary N) is 1. The van der Waals surface area contributed by atoms with Crippen molar-refractivity contribution in [3.05, 3.63) is 23.8 Å². The Kier molecular flexibility index (Phi) is 4.24. The molecule has 0 aliphatic carbocycles. The molecule has 5 nitrogen and oxygen atoms in total. The van der Waals surface area contributed by atoms with Gasteiger partial charge in [-0.25, -0.2) is 22.3 Å². The quantitative estimate of drug-likeness (QED) is 0.537. The van der Waals surface area contributed by atoms with Gasteiger partial charge in [0.1, 0.15) is 0 Å². The number of primary sulfonamides is 1. The van der Waals surface area contributed by atoms with Crippen LogP contribution in [0.1, 0.15) is 6.42 Å². The molecule has 5 N–H and O–H groups in total. The van der Waals surface area contributed by atoms with Crippen molar-refractivity contribution >= 4 is 21.4 Å². The highest BCUT2D eigenvalue weighted by Gasteiger charge is 2.11. The van der Waals surface area contributed by atoms with Crippen LogP contribution in [0.25, 0.3) is 0 Å². The van der Waals surface area contributed by atoms with Gasteiger partial charge in [-0.2, -0.15) is 0 Å². The molecule has 0 saturated heterocycles. The van der Waals surface area contributed by atoms with E-state index >= 15 is 0 Å². The van der Waals surface area contributed by atoms with E-state index in [-0.39, 0.29) is 30.1 Å². The van der Waals surface area contributed by atoms with E-state index in [0.29, 0.717) is 0 Å². The van der Waals surface area contributed by atoms with Gasteiger partial charge in [0.05, 0.1) is 17.1 Å². The first-order valence-corrected chi connectivity index (χ1v) is 6.50. The molecule has 1 aromatic carbocycles. The fraction of sp³-hybridized carbons (Fsp3) is 0.333. The lowest BCUT2D eigenvalue weighted by Gasteiger charge is -2.10. The summed E-state index contributed by atoms with van der Waals surface area (Å²) in [6.07, 6.45) is 0.175. The molecule has 0 bridgehead atoms. The Balaban J connectivity index is 2.61. The first-order valence-electron chi connectivity index (χ1n) is 4.79. The zero-order chi connectivity index (χ0) is 13.1. The Morgan fingerprint density at radius 2 is 1.94 bits per heavy atom. The third-order valence-electron chi connectivity index (χ3n) is 2.03. The monoisotopic (exact) mass is 265 g/mol. The summed E-state index contributed by atoms with van der Waals surface area (Å²) in [7, 11) is -3.55. The molecule has 1 aromatic rings. The number of hydrogen-bond acceptors (Lipinski definition) is 4. The lowest BCUT2D eigenvalue weighted by molar-refractivity contribution is 0.511. The van der Waals surface area contributed by atoms with E-state index in [2.05, 4.69) is 5.32 Å². The molecule has 0 heterocycles. The van der Waals surface area contributed by atoms with Gasteiger partial charge in [0, 0.05) is 6.54 Å². The molecule has 0 spiro atoms. The van der Waals surface area contributed by atoms with E-state index in [4.69, 9.17) is 10.9 Å². The van der Waals surface area contributed by atoms with Crippen LogP contribution in [0.4, 0.5) is 20.2 Å². The summed E-state index contributed by atoms with van der Waals surface area (Å²) in [6, 6.07) is 2.14. The SMILES string of the molecule is Nc1ccc(F)c(F)c1NCCCS(N)(=O)=O. The number of anilines is 2. The van der Waals surface area contributed by atoms with Crippen molar-refractivity contribution in [2.45, 2.75) is 6.42 Å². The van der Waals surface area contributed by atoms with E-state index in [1.807, 2.05) is 0 Å². The molecular formula is C9H13F2N3O2S. The van der Waals surface area contributed by atoms with Gasteiger partial charge in [0.2, 0.25) is 10.0 Å². The molecule has 8 heteroatoms. The topological polar surface area (TPSA) is 98.2 Å². The largest absolute Gasteiger partial charge is 0.397 e. The maximum Gasteiger partial charge on any atom is 0.209 e. The first-order chi connectivity index (χ1) is 7.81. The minimum absolute atomic E-state index is 0.0551. The normalized spacial score (nSPS) is 11.5. The molecule has 0 saturated carbocycles. The zero-order valence-electron chi connectivity index (χ0n) is 8.91. The lowest BCUT2D eigenvalue weighted by atomic mass is 10.2. The van der Waals surface area contributed by atoms with E-state index in [1.54, 1.807) is 0 Å². The number of benzene rings is 1. The maximum atomic E-state index is 13.3. The highest BCUT2D eigenvalue weighted by Crippen LogP contribution is 2.24. The van der Waals surface area contributed by atoms with E-state index < -0.39 is 21.7 Å². The Morgan fingerprint density at radius 3 is 2.53 bits per heavy atom. The smallest absolute Gasteiger partial charge is 0.209 e. The highest BCUT2D eigenvalue weighted by atomic mass is 32.2. The van der Waals surface area contributed by atoms with E-state index in [9.17, 15) is 17.2 Å². The van der Waals surface area contributed by atoms with Gasteiger partial charge in [-0.05, 0) is 18.6 Å². The van der Waals surface area contributed by atoms with Crippen molar-refractivity contribution < 1.29 is 17.2 Å². The van der Waals surface area contributed by atoms with Crippen molar-refractivity contribution in [3.8, 4) is 0 Å². The second kappa shape index (κ2) is 5.28. The highest BCUT2D eigenvalue weighted by molar-refractivity contribution is 7.89. The van der Waals surface area contributed by atoms with Crippen LogP contribution in [0, 0.1) is 11.6 Å². The summed E-state index contributed by atoms with van der Waals surface area (Å²) < 4.78 is 47.4. The first kappa shape index (κ1) is 13.7. The van der Waals surface area contributed by atoms with Gasteiger partial charge >= 0.3 is 0 Å². The van der Waals surface area contributed by atoms with Gasteiger partial charge in [0.15, 0.2) is 11.6 Å². The zero-order valence-corrected chi connectivity index (χ0v) is 9.73. The Labute approximate surface area is 97.8 Å². The Bertz CT molecular complexity index is 505. The molecule has 0 radical (unpaired) electrons. The summed E-state index contributed by atoms with van der Waals surface area (Å²) in [5.41, 5.74) is 5.33. The van der Waals surface area contributed by atoms with Crippen LogP contribution >= 0.6 is 0 Å². The molecule has 1 rings (SSSR count). The predicted molar refractivity (Wildman–Crippen MR) is 61.9 cm³/mol.